The predicted octanol–water partition coefficient (Wildman–Crippen LogP) is 1.42. The zero-order chi connectivity index (χ0) is 17.3. The van der Waals surface area contributed by atoms with Crippen molar-refractivity contribution in [3.8, 4) is 0 Å². The number of rotatable bonds is 5. The van der Waals surface area contributed by atoms with Crippen LogP contribution in [0.1, 0.15) is 39.9 Å². The molecule has 1 heterocycles. The van der Waals surface area contributed by atoms with Gasteiger partial charge in [-0.3, -0.25) is 9.67 Å². The number of nitrogens with zero attached hydrogens (tertiary/aromatic N) is 5. The van der Waals surface area contributed by atoms with E-state index in [1.807, 2.05) is 21.0 Å². The Balaban J connectivity index is 2.06. The lowest BCUT2D eigenvalue weighted by Gasteiger charge is -2.59. The second kappa shape index (κ2) is 6.47. The molecule has 1 N–H and O–H groups in total. The quantitative estimate of drug-likeness (QED) is 0.656. The van der Waals surface area contributed by atoms with Crippen LogP contribution in [0.2, 0.25) is 0 Å². The van der Waals surface area contributed by atoms with Crippen LogP contribution in [0.25, 0.3) is 0 Å². The molecular formula is C16H30N6O. The standard InChI is InChI=1S/C16H30N6O/c1-8-17-14(21(5)10-13-18-11-19-22(13)6)20-12-9-16(4,23-7)15(12,2)3/h11-12H,8-10H2,1-7H3,(H,17,20). The normalized spacial score (nSPS) is 26.7. The molecule has 0 amide bonds. The zero-order valence-electron chi connectivity index (χ0n) is 15.4. The molecule has 1 aliphatic rings. The Morgan fingerprint density at radius 1 is 1.52 bits per heavy atom. The Hall–Kier alpha value is -1.63. The summed E-state index contributed by atoms with van der Waals surface area (Å²) in [4.78, 5) is 11.0. The molecule has 23 heavy (non-hydrogen) atoms. The number of hydrogen-bond acceptors (Lipinski definition) is 4. The van der Waals surface area contributed by atoms with Gasteiger partial charge < -0.3 is 15.0 Å². The molecule has 1 aromatic rings. The van der Waals surface area contributed by atoms with E-state index in [0.717, 1.165) is 24.7 Å². The van der Waals surface area contributed by atoms with E-state index >= 15 is 0 Å². The number of aryl methyl sites for hydroxylation is 1. The van der Waals surface area contributed by atoms with Gasteiger partial charge in [-0.15, -0.1) is 0 Å². The van der Waals surface area contributed by atoms with Crippen LogP contribution in [-0.4, -0.2) is 58.0 Å². The number of hydrogen-bond donors (Lipinski definition) is 1. The smallest absolute Gasteiger partial charge is 0.194 e. The van der Waals surface area contributed by atoms with Gasteiger partial charge in [0.05, 0.1) is 12.1 Å². The molecule has 1 fully saturated rings. The molecular weight excluding hydrogens is 292 g/mol. The van der Waals surface area contributed by atoms with Crippen LogP contribution in [0.5, 0.6) is 0 Å². The van der Waals surface area contributed by atoms with Gasteiger partial charge in [0.2, 0.25) is 0 Å². The highest BCUT2D eigenvalue weighted by atomic mass is 16.5. The lowest BCUT2D eigenvalue weighted by Crippen LogP contribution is -2.69. The Kier molecular flexibility index (Phi) is 4.98. The summed E-state index contributed by atoms with van der Waals surface area (Å²) in [6.45, 7) is 10.1. The second-order valence-electron chi connectivity index (χ2n) is 7.01. The number of aliphatic imine (C=N–C) groups is 1. The van der Waals surface area contributed by atoms with Crippen molar-refractivity contribution in [1.82, 2.24) is 25.0 Å². The predicted molar refractivity (Wildman–Crippen MR) is 91.2 cm³/mol. The van der Waals surface area contributed by atoms with Crippen LogP contribution < -0.4 is 5.32 Å². The summed E-state index contributed by atoms with van der Waals surface area (Å²) in [7, 11) is 5.72. The van der Waals surface area contributed by atoms with Crippen LogP contribution in [0, 0.1) is 5.41 Å². The summed E-state index contributed by atoms with van der Waals surface area (Å²) < 4.78 is 7.49. The minimum absolute atomic E-state index is 0.0435. The maximum Gasteiger partial charge on any atom is 0.194 e. The highest BCUT2D eigenvalue weighted by Gasteiger charge is 2.58. The van der Waals surface area contributed by atoms with E-state index in [-0.39, 0.29) is 11.0 Å². The van der Waals surface area contributed by atoms with E-state index in [0.29, 0.717) is 12.6 Å². The van der Waals surface area contributed by atoms with Crippen LogP contribution in [0.15, 0.2) is 11.3 Å². The molecule has 130 valence electrons. The summed E-state index contributed by atoms with van der Waals surface area (Å²) >= 11 is 0. The maximum atomic E-state index is 5.71. The summed E-state index contributed by atoms with van der Waals surface area (Å²) in [6.07, 6.45) is 2.54. The number of nitrogens with one attached hydrogen (secondary N) is 1. The fourth-order valence-electron chi connectivity index (χ4n) is 3.06. The van der Waals surface area contributed by atoms with Crippen LogP contribution in [0.4, 0.5) is 0 Å². The van der Waals surface area contributed by atoms with Gasteiger partial charge in [0, 0.05) is 39.2 Å². The fourth-order valence-corrected chi connectivity index (χ4v) is 3.06. The first kappa shape index (κ1) is 17.7. The van der Waals surface area contributed by atoms with Crippen molar-refractivity contribution >= 4 is 5.96 Å². The maximum absolute atomic E-state index is 5.71. The number of aromatic nitrogens is 3. The number of methoxy groups -OCH3 is 1. The molecule has 2 unspecified atom stereocenters. The third kappa shape index (κ3) is 3.20. The van der Waals surface area contributed by atoms with E-state index < -0.39 is 0 Å². The van der Waals surface area contributed by atoms with Crippen molar-refractivity contribution in [2.75, 3.05) is 20.7 Å². The SMILES string of the molecule is CCN=C(NC1CC(C)(OC)C1(C)C)N(C)Cc1ncnn1C. The molecule has 1 saturated carbocycles. The molecule has 0 spiro atoms. The summed E-state index contributed by atoms with van der Waals surface area (Å²) in [6, 6.07) is 0.333. The minimum atomic E-state index is -0.0931. The molecule has 1 aromatic heterocycles. The third-order valence-electron chi connectivity index (χ3n) is 5.43. The van der Waals surface area contributed by atoms with Crippen molar-refractivity contribution in [1.29, 1.82) is 0 Å². The topological polar surface area (TPSA) is 67.6 Å². The molecule has 0 aromatic carbocycles. The highest BCUT2D eigenvalue weighted by Crippen LogP contribution is 2.51. The first-order valence-electron chi connectivity index (χ1n) is 8.15. The first-order valence-corrected chi connectivity index (χ1v) is 8.15. The molecule has 2 rings (SSSR count). The minimum Gasteiger partial charge on any atom is -0.378 e. The van der Waals surface area contributed by atoms with Crippen molar-refractivity contribution in [2.24, 2.45) is 17.5 Å². The van der Waals surface area contributed by atoms with Gasteiger partial charge in [-0.25, -0.2) is 4.98 Å². The lowest BCUT2D eigenvalue weighted by atomic mass is 9.56. The Morgan fingerprint density at radius 3 is 2.70 bits per heavy atom. The lowest BCUT2D eigenvalue weighted by molar-refractivity contribution is -0.177. The summed E-state index contributed by atoms with van der Waals surface area (Å²) in [5, 5.41) is 7.72. The zero-order valence-corrected chi connectivity index (χ0v) is 15.4. The summed E-state index contributed by atoms with van der Waals surface area (Å²) in [5.41, 5.74) is -0.0496. The molecule has 7 nitrogen and oxygen atoms in total. The fraction of sp³-hybridized carbons (Fsp3) is 0.812. The van der Waals surface area contributed by atoms with E-state index in [2.05, 4.69) is 46.1 Å². The van der Waals surface area contributed by atoms with E-state index in [1.54, 1.807) is 18.1 Å². The third-order valence-corrected chi connectivity index (χ3v) is 5.43. The Labute approximate surface area is 139 Å². The Morgan fingerprint density at radius 2 is 2.22 bits per heavy atom. The number of guanidine groups is 1. The van der Waals surface area contributed by atoms with Crippen molar-refractivity contribution in [3.63, 3.8) is 0 Å². The van der Waals surface area contributed by atoms with Gasteiger partial charge in [-0.1, -0.05) is 13.8 Å². The molecule has 2 atom stereocenters. The van der Waals surface area contributed by atoms with Gasteiger partial charge in [0.15, 0.2) is 5.96 Å². The molecule has 7 heteroatoms. The van der Waals surface area contributed by atoms with E-state index in [9.17, 15) is 0 Å². The average Bonchev–Trinajstić information content (AvgIpc) is 2.90. The molecule has 1 aliphatic carbocycles. The largest absolute Gasteiger partial charge is 0.378 e. The van der Waals surface area contributed by atoms with Gasteiger partial charge >= 0.3 is 0 Å². The van der Waals surface area contributed by atoms with Crippen molar-refractivity contribution < 1.29 is 4.74 Å². The van der Waals surface area contributed by atoms with Crippen molar-refractivity contribution in [3.05, 3.63) is 12.2 Å². The molecule has 0 aliphatic heterocycles. The van der Waals surface area contributed by atoms with Gasteiger partial charge in [-0.2, -0.15) is 5.10 Å². The van der Waals surface area contributed by atoms with Gasteiger partial charge in [0.25, 0.3) is 0 Å². The number of ether oxygens (including phenoxy) is 1. The first-order chi connectivity index (χ1) is 10.7. The monoisotopic (exact) mass is 322 g/mol. The van der Waals surface area contributed by atoms with Gasteiger partial charge in [-0.05, 0) is 20.3 Å². The molecule has 0 saturated heterocycles. The van der Waals surface area contributed by atoms with Crippen LogP contribution in [-0.2, 0) is 18.3 Å². The van der Waals surface area contributed by atoms with Crippen molar-refractivity contribution in [2.45, 2.75) is 52.3 Å². The van der Waals surface area contributed by atoms with Crippen LogP contribution >= 0.6 is 0 Å². The Bertz CT molecular complexity index is 567. The average molecular weight is 322 g/mol. The highest BCUT2D eigenvalue weighted by molar-refractivity contribution is 5.80. The summed E-state index contributed by atoms with van der Waals surface area (Å²) in [5.74, 6) is 1.81. The van der Waals surface area contributed by atoms with Crippen LogP contribution in [0.3, 0.4) is 0 Å². The van der Waals surface area contributed by atoms with E-state index in [1.165, 1.54) is 0 Å². The molecule has 0 bridgehead atoms. The van der Waals surface area contributed by atoms with Gasteiger partial charge in [0.1, 0.15) is 12.2 Å². The molecule has 0 radical (unpaired) electrons. The van der Waals surface area contributed by atoms with E-state index in [4.69, 9.17) is 4.74 Å². The second-order valence-corrected chi connectivity index (χ2v) is 7.01.